The normalized spacial score (nSPS) is 15.8. The van der Waals surface area contributed by atoms with Crippen molar-refractivity contribution < 1.29 is 18.3 Å². The molecule has 0 N–H and O–H groups in total. The molecule has 1 spiro atoms. The molecule has 2 aliphatic heterocycles. The van der Waals surface area contributed by atoms with Crippen LogP contribution < -0.4 is 9.64 Å². The summed E-state index contributed by atoms with van der Waals surface area (Å²) in [5.74, 6) is 0.626. The average molecular weight is 528 g/mol. The summed E-state index contributed by atoms with van der Waals surface area (Å²) in [6, 6.07) is 30.9. The third kappa shape index (κ3) is 3.06. The van der Waals surface area contributed by atoms with Crippen LogP contribution in [-0.4, -0.2) is 5.78 Å². The van der Waals surface area contributed by atoms with E-state index in [0.717, 1.165) is 52.2 Å². The minimum atomic E-state index is -1.04. The van der Waals surface area contributed by atoms with Gasteiger partial charge in [-0.2, -0.15) is 0 Å². The molecular formula is C35H23F2NO2. The van der Waals surface area contributed by atoms with Gasteiger partial charge in [0.25, 0.3) is 0 Å². The quantitative estimate of drug-likeness (QED) is 0.214. The molecule has 0 saturated carbocycles. The highest BCUT2D eigenvalue weighted by atomic mass is 19.1. The van der Waals surface area contributed by atoms with Crippen molar-refractivity contribution >= 4 is 22.8 Å². The van der Waals surface area contributed by atoms with E-state index in [4.69, 9.17) is 4.74 Å². The topological polar surface area (TPSA) is 29.5 Å². The third-order valence-corrected chi connectivity index (χ3v) is 8.51. The van der Waals surface area contributed by atoms with E-state index in [-0.39, 0.29) is 17.4 Å². The molecule has 0 unspecified atom stereocenters. The highest BCUT2D eigenvalue weighted by molar-refractivity contribution is 6.00. The maximum atomic E-state index is 15.3. The number of aryl methyl sites for hydroxylation is 1. The van der Waals surface area contributed by atoms with Crippen LogP contribution in [-0.2, 0) is 11.8 Å². The number of Topliss-reactive ketones (excluding diaryl/α,β-unsaturated/α-hetero) is 1. The summed E-state index contributed by atoms with van der Waals surface area (Å²) in [4.78, 5) is 14.9. The fourth-order valence-corrected chi connectivity index (χ4v) is 6.89. The molecule has 8 rings (SSSR count). The van der Waals surface area contributed by atoms with Gasteiger partial charge in [-0.15, -0.1) is 0 Å². The number of nitrogens with zero attached hydrogens (tertiary/aromatic N) is 1. The molecule has 3 nitrogen and oxygen atoms in total. The van der Waals surface area contributed by atoms with Gasteiger partial charge in [-0.05, 0) is 90.2 Å². The summed E-state index contributed by atoms with van der Waals surface area (Å²) in [7, 11) is 0. The number of anilines is 3. The van der Waals surface area contributed by atoms with E-state index in [0.29, 0.717) is 29.0 Å². The number of carbonyl (C=O) groups excluding carboxylic acids is 1. The Bertz CT molecular complexity index is 1780. The van der Waals surface area contributed by atoms with Crippen LogP contribution in [0.15, 0.2) is 103 Å². The van der Waals surface area contributed by atoms with Crippen LogP contribution in [0.5, 0.6) is 11.5 Å². The second-order valence-electron chi connectivity index (χ2n) is 10.6. The number of ether oxygens (including phenoxy) is 1. The lowest BCUT2D eigenvalue weighted by Gasteiger charge is -2.48. The molecular weight excluding hydrogens is 504 g/mol. The van der Waals surface area contributed by atoms with E-state index in [9.17, 15) is 4.79 Å². The average Bonchev–Trinajstić information content (AvgIpc) is 2.97. The van der Waals surface area contributed by atoms with E-state index in [1.54, 1.807) is 24.3 Å². The number of halogens is 2. The van der Waals surface area contributed by atoms with Gasteiger partial charge in [0, 0.05) is 28.8 Å². The van der Waals surface area contributed by atoms with Crippen LogP contribution in [0.2, 0.25) is 0 Å². The minimum absolute atomic E-state index is 0.127. The van der Waals surface area contributed by atoms with Gasteiger partial charge >= 0.3 is 0 Å². The van der Waals surface area contributed by atoms with Crippen molar-refractivity contribution in [1.29, 1.82) is 0 Å². The molecule has 5 aromatic rings. The number of benzene rings is 5. The Morgan fingerprint density at radius 3 is 1.88 bits per heavy atom. The molecule has 0 radical (unpaired) electrons. The van der Waals surface area contributed by atoms with Crippen molar-refractivity contribution in [3.63, 3.8) is 0 Å². The first-order chi connectivity index (χ1) is 19.6. The monoisotopic (exact) mass is 527 g/mol. The Balaban J connectivity index is 1.51. The molecule has 5 aromatic carbocycles. The van der Waals surface area contributed by atoms with Crippen molar-refractivity contribution in [2.75, 3.05) is 4.90 Å². The van der Waals surface area contributed by atoms with Crippen LogP contribution in [0.1, 0.15) is 51.0 Å². The van der Waals surface area contributed by atoms with Crippen LogP contribution in [0.25, 0.3) is 0 Å². The minimum Gasteiger partial charge on any atom is -0.457 e. The van der Waals surface area contributed by atoms with E-state index in [1.165, 1.54) is 12.1 Å². The van der Waals surface area contributed by atoms with Gasteiger partial charge in [0.15, 0.2) is 5.78 Å². The standard InChI is InChI=1S/C35H23F2NO2/c36-22-13-16-30-28(18-22)35(26-7-1-3-10-33(26)40-34-11-4-2-8-27(34)35)29-19-23(37)14-17-31(29)38(30)24-15-12-21-6-5-9-32(39)25(21)20-24/h1-4,7-8,10-20H,5-6,9H2. The number of hydrogen-bond donors (Lipinski definition) is 0. The number of fused-ring (bicyclic) bond motifs is 9. The number of carbonyl (C=O) groups is 1. The van der Waals surface area contributed by atoms with Crippen molar-refractivity contribution in [3.05, 3.63) is 148 Å². The first-order valence-corrected chi connectivity index (χ1v) is 13.5. The maximum Gasteiger partial charge on any atom is 0.163 e. The zero-order valence-electron chi connectivity index (χ0n) is 21.5. The largest absolute Gasteiger partial charge is 0.457 e. The van der Waals surface area contributed by atoms with Gasteiger partial charge in [-0.1, -0.05) is 42.5 Å². The lowest BCUT2D eigenvalue weighted by atomic mass is 9.61. The molecule has 194 valence electrons. The molecule has 40 heavy (non-hydrogen) atoms. The van der Waals surface area contributed by atoms with Gasteiger partial charge in [0.05, 0.1) is 16.8 Å². The van der Waals surface area contributed by atoms with Gasteiger partial charge in [-0.25, -0.2) is 8.78 Å². The summed E-state index contributed by atoms with van der Waals surface area (Å²) < 4.78 is 36.9. The predicted octanol–water partition coefficient (Wildman–Crippen LogP) is 8.76. The summed E-state index contributed by atoms with van der Waals surface area (Å²) in [5.41, 5.74) is 6.00. The Labute approximate surface area is 230 Å². The van der Waals surface area contributed by atoms with E-state index in [2.05, 4.69) is 0 Å². The van der Waals surface area contributed by atoms with Crippen LogP contribution in [0.4, 0.5) is 25.8 Å². The molecule has 0 amide bonds. The molecule has 0 fully saturated rings. The van der Waals surface area contributed by atoms with Gasteiger partial charge in [-0.3, -0.25) is 4.79 Å². The van der Waals surface area contributed by atoms with Crippen molar-refractivity contribution in [2.45, 2.75) is 24.7 Å². The van der Waals surface area contributed by atoms with Crippen molar-refractivity contribution in [1.82, 2.24) is 0 Å². The fourth-order valence-electron chi connectivity index (χ4n) is 6.89. The summed E-state index contributed by atoms with van der Waals surface area (Å²) in [6.45, 7) is 0. The second kappa shape index (κ2) is 8.36. The Morgan fingerprint density at radius 2 is 1.25 bits per heavy atom. The SMILES string of the molecule is O=C1CCCc2ccc(N3c4ccc(F)cc4C4(c5ccccc5Oc5ccccc54)c4cc(F)ccc43)cc21. The number of hydrogen-bond acceptors (Lipinski definition) is 3. The van der Waals surface area contributed by atoms with Gasteiger partial charge in [0.2, 0.25) is 0 Å². The lowest BCUT2D eigenvalue weighted by molar-refractivity contribution is 0.0972. The third-order valence-electron chi connectivity index (χ3n) is 8.51. The van der Waals surface area contributed by atoms with E-state index in [1.807, 2.05) is 71.6 Å². The highest BCUT2D eigenvalue weighted by Crippen LogP contribution is 2.62. The molecule has 0 bridgehead atoms. The highest BCUT2D eigenvalue weighted by Gasteiger charge is 2.51. The van der Waals surface area contributed by atoms with Crippen molar-refractivity contribution in [3.8, 4) is 11.5 Å². The zero-order chi connectivity index (χ0) is 27.0. The van der Waals surface area contributed by atoms with Crippen LogP contribution >= 0.6 is 0 Å². The van der Waals surface area contributed by atoms with Crippen LogP contribution in [0.3, 0.4) is 0 Å². The number of para-hydroxylation sites is 2. The maximum absolute atomic E-state index is 15.3. The second-order valence-corrected chi connectivity index (χ2v) is 10.6. The number of rotatable bonds is 1. The fraction of sp³-hybridized carbons (Fsp3) is 0.114. The smallest absolute Gasteiger partial charge is 0.163 e. The lowest BCUT2D eigenvalue weighted by Crippen LogP contribution is -2.40. The predicted molar refractivity (Wildman–Crippen MR) is 150 cm³/mol. The van der Waals surface area contributed by atoms with E-state index < -0.39 is 5.41 Å². The Morgan fingerprint density at radius 1 is 0.650 bits per heavy atom. The molecule has 0 saturated heterocycles. The molecule has 0 aromatic heterocycles. The molecule has 2 heterocycles. The molecule has 1 aliphatic carbocycles. The van der Waals surface area contributed by atoms with E-state index >= 15 is 8.78 Å². The summed E-state index contributed by atoms with van der Waals surface area (Å²) >= 11 is 0. The van der Waals surface area contributed by atoms with Crippen LogP contribution in [0, 0.1) is 11.6 Å². The Hall–Kier alpha value is -4.77. The summed E-state index contributed by atoms with van der Waals surface area (Å²) in [5, 5.41) is 0. The molecule has 0 atom stereocenters. The van der Waals surface area contributed by atoms with Gasteiger partial charge in [0.1, 0.15) is 23.1 Å². The Kier molecular flexibility index (Phi) is 4.84. The first-order valence-electron chi connectivity index (χ1n) is 13.5. The first kappa shape index (κ1) is 23.1. The zero-order valence-corrected chi connectivity index (χ0v) is 21.5. The number of ketones is 1. The summed E-state index contributed by atoms with van der Waals surface area (Å²) in [6.07, 6.45) is 2.24. The van der Waals surface area contributed by atoms with Crippen molar-refractivity contribution in [2.24, 2.45) is 0 Å². The van der Waals surface area contributed by atoms with Gasteiger partial charge < -0.3 is 9.64 Å². The molecule has 5 heteroatoms. The molecule has 3 aliphatic rings.